The quantitative estimate of drug-likeness (QED) is 0.525. The number of anilines is 1. The van der Waals surface area contributed by atoms with Crippen molar-refractivity contribution in [1.82, 2.24) is 4.31 Å². The number of nitrogens with one attached hydrogen (secondary N) is 1. The van der Waals surface area contributed by atoms with Gasteiger partial charge in [0.2, 0.25) is 10.0 Å². The number of rotatable bonds is 7. The number of carbonyl (C=O) groups excluding carboxylic acids is 1. The second kappa shape index (κ2) is 9.26. The molecule has 162 valence electrons. The molecule has 1 N–H and O–H groups in total. The van der Waals surface area contributed by atoms with Crippen LogP contribution in [0.3, 0.4) is 0 Å². The van der Waals surface area contributed by atoms with E-state index in [1.165, 1.54) is 26.2 Å². The van der Waals surface area contributed by atoms with Crippen LogP contribution in [0.15, 0.2) is 58.6 Å². The van der Waals surface area contributed by atoms with E-state index in [0.717, 1.165) is 28.6 Å². The predicted molar refractivity (Wildman–Crippen MR) is 106 cm³/mol. The molecule has 2 aromatic carbocycles. The highest BCUT2D eigenvalue weighted by Gasteiger charge is 2.30. The minimum atomic E-state index is -4.45. The lowest BCUT2D eigenvalue weighted by Gasteiger charge is -2.11. The third kappa shape index (κ3) is 6.04. The summed E-state index contributed by atoms with van der Waals surface area (Å²) >= 11 is 0. The van der Waals surface area contributed by atoms with Crippen LogP contribution in [0, 0.1) is 0 Å². The predicted octanol–water partition coefficient (Wildman–Crippen LogP) is 3.34. The van der Waals surface area contributed by atoms with E-state index in [1.807, 2.05) is 0 Å². The van der Waals surface area contributed by atoms with Crippen LogP contribution in [-0.2, 0) is 25.8 Å². The highest BCUT2D eigenvalue weighted by molar-refractivity contribution is 7.89. The molecule has 0 saturated heterocycles. The molecule has 2 aromatic rings. The topological polar surface area (TPSA) is 88.1 Å². The lowest BCUT2D eigenvalue weighted by molar-refractivity contribution is -0.137. The Morgan fingerprint density at radius 1 is 1.07 bits per heavy atom. The van der Waals surface area contributed by atoms with E-state index < -0.39 is 34.3 Å². The fraction of sp³-hybridized carbons (Fsp3) is 0.263. The largest absolute Gasteiger partial charge is 0.416 e. The molecule has 30 heavy (non-hydrogen) atoms. The SMILES string of the molecule is C/C(=N/OCC(=O)Nc1ccc(C(F)(F)F)cc1)c1ccc(S(=O)(=O)N(C)C)cc1. The molecule has 0 aliphatic heterocycles. The second-order valence-electron chi connectivity index (χ2n) is 6.39. The molecule has 0 aliphatic rings. The van der Waals surface area contributed by atoms with E-state index in [0.29, 0.717) is 11.3 Å². The average molecular weight is 443 g/mol. The summed E-state index contributed by atoms with van der Waals surface area (Å²) in [7, 11) is -0.681. The van der Waals surface area contributed by atoms with Crippen LogP contribution in [0.4, 0.5) is 18.9 Å². The summed E-state index contributed by atoms with van der Waals surface area (Å²) in [6.45, 7) is 1.16. The molecule has 0 saturated carbocycles. The molecule has 0 aromatic heterocycles. The number of carbonyl (C=O) groups is 1. The van der Waals surface area contributed by atoms with Crippen LogP contribution < -0.4 is 5.32 Å². The van der Waals surface area contributed by atoms with Gasteiger partial charge in [-0.25, -0.2) is 12.7 Å². The summed E-state index contributed by atoms with van der Waals surface area (Å²) in [5, 5.41) is 6.19. The van der Waals surface area contributed by atoms with Gasteiger partial charge in [-0.15, -0.1) is 0 Å². The van der Waals surface area contributed by atoms with Crippen molar-refractivity contribution in [3.63, 3.8) is 0 Å². The maximum absolute atomic E-state index is 12.5. The van der Waals surface area contributed by atoms with E-state index in [4.69, 9.17) is 4.84 Å². The van der Waals surface area contributed by atoms with E-state index >= 15 is 0 Å². The standard InChI is InChI=1S/C19H20F3N3O4S/c1-13(14-4-10-17(11-5-14)30(27,28)25(2)3)24-29-12-18(26)23-16-8-6-15(7-9-16)19(20,21)22/h4-11H,12H2,1-3H3,(H,23,26)/b24-13-. The summed E-state index contributed by atoms with van der Waals surface area (Å²) in [5.74, 6) is -0.598. The third-order valence-corrected chi connectivity index (χ3v) is 5.77. The zero-order chi connectivity index (χ0) is 22.5. The smallest absolute Gasteiger partial charge is 0.385 e. The monoisotopic (exact) mass is 443 g/mol. The van der Waals surface area contributed by atoms with Gasteiger partial charge in [-0.05, 0) is 48.9 Å². The van der Waals surface area contributed by atoms with Crippen LogP contribution in [0.2, 0.25) is 0 Å². The summed E-state index contributed by atoms with van der Waals surface area (Å²) < 4.78 is 62.8. The summed E-state index contributed by atoms with van der Waals surface area (Å²) in [4.78, 5) is 16.9. The highest BCUT2D eigenvalue weighted by Crippen LogP contribution is 2.29. The first kappa shape index (κ1) is 23.4. The Balaban J connectivity index is 1.92. The van der Waals surface area contributed by atoms with Crippen molar-refractivity contribution >= 4 is 27.3 Å². The number of oxime groups is 1. The minimum absolute atomic E-state index is 0.126. The number of sulfonamides is 1. The number of hydrogen-bond donors (Lipinski definition) is 1. The maximum atomic E-state index is 12.5. The Bertz CT molecular complexity index is 1020. The second-order valence-corrected chi connectivity index (χ2v) is 8.54. The molecule has 7 nitrogen and oxygen atoms in total. The number of nitrogens with zero attached hydrogens (tertiary/aromatic N) is 2. The van der Waals surface area contributed by atoms with Crippen LogP contribution in [0.1, 0.15) is 18.1 Å². The summed E-state index contributed by atoms with van der Waals surface area (Å²) in [6.07, 6.45) is -4.45. The Morgan fingerprint density at radius 2 is 1.63 bits per heavy atom. The molecule has 0 atom stereocenters. The molecular formula is C19H20F3N3O4S. The molecule has 11 heteroatoms. The normalized spacial score (nSPS) is 12.7. The van der Waals surface area contributed by atoms with E-state index in [9.17, 15) is 26.4 Å². The van der Waals surface area contributed by atoms with Crippen molar-refractivity contribution in [1.29, 1.82) is 0 Å². The Morgan fingerprint density at radius 3 is 2.13 bits per heavy atom. The molecule has 0 aliphatic carbocycles. The fourth-order valence-electron chi connectivity index (χ4n) is 2.26. The van der Waals surface area contributed by atoms with Crippen molar-refractivity contribution in [3.8, 4) is 0 Å². The molecule has 0 heterocycles. The van der Waals surface area contributed by atoms with Gasteiger partial charge in [0.1, 0.15) is 0 Å². The molecule has 1 amide bonds. The highest BCUT2D eigenvalue weighted by atomic mass is 32.2. The van der Waals surface area contributed by atoms with E-state index in [1.54, 1.807) is 19.1 Å². The Hall–Kier alpha value is -2.92. The van der Waals surface area contributed by atoms with Gasteiger partial charge in [-0.3, -0.25) is 4.79 Å². The first-order chi connectivity index (χ1) is 13.9. The van der Waals surface area contributed by atoms with Gasteiger partial charge in [0.05, 0.1) is 16.2 Å². The van der Waals surface area contributed by atoms with Crippen LogP contribution in [0.5, 0.6) is 0 Å². The van der Waals surface area contributed by atoms with Gasteiger partial charge in [0, 0.05) is 19.8 Å². The van der Waals surface area contributed by atoms with Gasteiger partial charge in [-0.2, -0.15) is 13.2 Å². The first-order valence-electron chi connectivity index (χ1n) is 8.58. The molecule has 0 bridgehead atoms. The van der Waals surface area contributed by atoms with E-state index in [2.05, 4.69) is 10.5 Å². The van der Waals surface area contributed by atoms with Crippen LogP contribution >= 0.6 is 0 Å². The van der Waals surface area contributed by atoms with Crippen LogP contribution in [0.25, 0.3) is 0 Å². The van der Waals surface area contributed by atoms with Crippen molar-refractivity contribution in [2.75, 3.05) is 26.0 Å². The average Bonchev–Trinajstić information content (AvgIpc) is 2.67. The van der Waals surface area contributed by atoms with Gasteiger partial charge in [-0.1, -0.05) is 17.3 Å². The fourth-order valence-corrected chi connectivity index (χ4v) is 3.16. The van der Waals surface area contributed by atoms with Crippen molar-refractivity contribution in [2.45, 2.75) is 18.0 Å². The number of benzene rings is 2. The molecule has 0 spiro atoms. The van der Waals surface area contributed by atoms with Crippen molar-refractivity contribution in [2.24, 2.45) is 5.16 Å². The molecule has 0 fully saturated rings. The molecular weight excluding hydrogens is 423 g/mol. The zero-order valence-electron chi connectivity index (χ0n) is 16.4. The zero-order valence-corrected chi connectivity index (χ0v) is 17.2. The minimum Gasteiger partial charge on any atom is -0.385 e. The van der Waals surface area contributed by atoms with Crippen LogP contribution in [-0.4, -0.2) is 45.0 Å². The van der Waals surface area contributed by atoms with Gasteiger partial charge in [0.15, 0.2) is 6.61 Å². The van der Waals surface area contributed by atoms with Gasteiger partial charge >= 0.3 is 6.18 Å². The maximum Gasteiger partial charge on any atom is 0.416 e. The number of amides is 1. The lowest BCUT2D eigenvalue weighted by atomic mass is 10.1. The van der Waals surface area contributed by atoms with Gasteiger partial charge < -0.3 is 10.2 Å². The van der Waals surface area contributed by atoms with Crippen molar-refractivity contribution < 1.29 is 31.2 Å². The lowest BCUT2D eigenvalue weighted by Crippen LogP contribution is -2.22. The van der Waals surface area contributed by atoms with Gasteiger partial charge in [0.25, 0.3) is 5.91 Å². The molecule has 0 radical (unpaired) electrons. The third-order valence-electron chi connectivity index (χ3n) is 3.94. The number of alkyl halides is 3. The number of hydrogen-bond acceptors (Lipinski definition) is 5. The summed E-state index contributed by atoms with van der Waals surface area (Å²) in [5.41, 5.74) is 0.373. The molecule has 2 rings (SSSR count). The number of halogens is 3. The van der Waals surface area contributed by atoms with E-state index in [-0.39, 0.29) is 10.6 Å². The van der Waals surface area contributed by atoms with Crippen molar-refractivity contribution in [3.05, 3.63) is 59.7 Å². The Kier molecular flexibility index (Phi) is 7.21. The Labute approximate surface area is 172 Å². The first-order valence-corrected chi connectivity index (χ1v) is 10.0. The molecule has 0 unspecified atom stereocenters. The summed E-state index contributed by atoms with van der Waals surface area (Å²) in [6, 6.07) is 9.97.